The average molecular weight is 358 g/mol. The molecular weight excluding hydrogens is 344 g/mol. The zero-order valence-corrected chi connectivity index (χ0v) is 12.7. The molecule has 1 fully saturated rings. The molecule has 0 bridgehead atoms. The van der Waals surface area contributed by atoms with Gasteiger partial charge in [-0.15, -0.1) is 0 Å². The van der Waals surface area contributed by atoms with Crippen molar-refractivity contribution in [2.24, 2.45) is 5.92 Å². The first-order valence-electron chi connectivity index (χ1n) is 7.36. The van der Waals surface area contributed by atoms with E-state index in [-0.39, 0.29) is 17.4 Å². The molecule has 5 nitrogen and oxygen atoms in total. The summed E-state index contributed by atoms with van der Waals surface area (Å²) in [6.45, 7) is -5.81. The molecule has 2 atom stereocenters. The Balaban J connectivity index is 1.53. The number of nitrogens with one attached hydrogen (secondary N) is 2. The number of halogens is 4. The number of anilines is 1. The van der Waals surface area contributed by atoms with Gasteiger partial charge in [-0.2, -0.15) is 17.6 Å². The maximum Gasteiger partial charge on any atom is 0.387 e. The monoisotopic (exact) mass is 358 g/mol. The van der Waals surface area contributed by atoms with Crippen molar-refractivity contribution in [3.8, 4) is 5.75 Å². The second-order valence-corrected chi connectivity index (χ2v) is 5.61. The fraction of sp³-hybridized carbons (Fsp3) is 0.312. The first kappa shape index (κ1) is 17.1. The summed E-state index contributed by atoms with van der Waals surface area (Å²) in [5.41, 5.74) is -0.220. The Morgan fingerprint density at radius 1 is 1.12 bits per heavy atom. The van der Waals surface area contributed by atoms with Gasteiger partial charge in [-0.1, -0.05) is 6.08 Å². The normalized spacial score (nSPS) is 23.8. The highest BCUT2D eigenvalue weighted by Crippen LogP contribution is 2.49. The number of allylic oxidation sites excluding steroid dienone is 1. The Kier molecular flexibility index (Phi) is 4.56. The Hall–Kier alpha value is -2.71. The second-order valence-electron chi connectivity index (χ2n) is 5.61. The molecule has 134 valence electrons. The number of amides is 2. The Morgan fingerprint density at radius 2 is 1.80 bits per heavy atom. The summed E-state index contributed by atoms with van der Waals surface area (Å²) in [6, 6.07) is 4.95. The summed E-state index contributed by atoms with van der Waals surface area (Å²) in [6.07, 6.45) is 5.14. The lowest BCUT2D eigenvalue weighted by molar-refractivity contribution is -0.0926. The van der Waals surface area contributed by atoms with Crippen LogP contribution in [0.2, 0.25) is 0 Å². The summed E-state index contributed by atoms with van der Waals surface area (Å²) in [5.74, 6) is -0.0579. The quantitative estimate of drug-likeness (QED) is 0.759. The first-order chi connectivity index (χ1) is 11.9. The summed E-state index contributed by atoms with van der Waals surface area (Å²) >= 11 is 0. The van der Waals surface area contributed by atoms with Crippen LogP contribution in [0.25, 0.3) is 0 Å². The molecule has 3 rings (SSSR count). The van der Waals surface area contributed by atoms with Crippen molar-refractivity contribution < 1.29 is 31.8 Å². The smallest absolute Gasteiger partial charge is 0.387 e. The number of fused-ring (bicyclic) bond motifs is 1. The lowest BCUT2D eigenvalue weighted by Gasteiger charge is -2.19. The molecule has 0 saturated heterocycles. The molecule has 0 spiro atoms. The highest BCUT2D eigenvalue weighted by Gasteiger charge is 2.54. The van der Waals surface area contributed by atoms with Crippen molar-refractivity contribution in [1.29, 1.82) is 0 Å². The largest absolute Gasteiger partial charge is 0.435 e. The molecule has 0 aromatic heterocycles. The number of benzene rings is 1. The molecule has 0 aliphatic heterocycles. The van der Waals surface area contributed by atoms with Gasteiger partial charge in [0, 0.05) is 11.6 Å². The SMILES string of the molecule is O=C(Nc1ccc(OC(F)F)cc1)NC12C=CC(OC(F)F)=CC1C2. The maximum absolute atomic E-state index is 12.2. The molecule has 0 radical (unpaired) electrons. The van der Waals surface area contributed by atoms with Crippen LogP contribution in [0, 0.1) is 5.92 Å². The summed E-state index contributed by atoms with van der Waals surface area (Å²) in [4.78, 5) is 12.1. The van der Waals surface area contributed by atoms with E-state index in [2.05, 4.69) is 20.1 Å². The molecule has 2 N–H and O–H groups in total. The predicted octanol–water partition coefficient (Wildman–Crippen LogP) is 3.86. The van der Waals surface area contributed by atoms with Crippen molar-refractivity contribution in [3.05, 3.63) is 48.3 Å². The van der Waals surface area contributed by atoms with Gasteiger partial charge in [-0.05, 0) is 42.8 Å². The van der Waals surface area contributed by atoms with Gasteiger partial charge in [-0.25, -0.2) is 4.79 Å². The molecule has 1 saturated carbocycles. The van der Waals surface area contributed by atoms with Crippen molar-refractivity contribution >= 4 is 11.7 Å². The highest BCUT2D eigenvalue weighted by molar-refractivity contribution is 5.90. The predicted molar refractivity (Wildman–Crippen MR) is 80.4 cm³/mol. The van der Waals surface area contributed by atoms with Crippen LogP contribution in [-0.2, 0) is 4.74 Å². The fourth-order valence-corrected chi connectivity index (χ4v) is 2.65. The molecular formula is C16H14F4N2O3. The van der Waals surface area contributed by atoms with E-state index in [1.807, 2.05) is 0 Å². The fourth-order valence-electron chi connectivity index (χ4n) is 2.65. The van der Waals surface area contributed by atoms with Crippen LogP contribution in [-0.4, -0.2) is 24.8 Å². The van der Waals surface area contributed by atoms with E-state index in [0.717, 1.165) is 0 Å². The van der Waals surface area contributed by atoms with Gasteiger partial charge in [0.05, 0.1) is 5.54 Å². The highest BCUT2D eigenvalue weighted by atomic mass is 19.3. The zero-order valence-electron chi connectivity index (χ0n) is 12.7. The van der Waals surface area contributed by atoms with E-state index >= 15 is 0 Å². The maximum atomic E-state index is 12.2. The lowest BCUT2D eigenvalue weighted by Crippen LogP contribution is -2.40. The zero-order chi connectivity index (χ0) is 18.0. The third-order valence-electron chi connectivity index (χ3n) is 3.88. The van der Waals surface area contributed by atoms with E-state index in [9.17, 15) is 22.4 Å². The number of hydrogen-bond acceptors (Lipinski definition) is 3. The van der Waals surface area contributed by atoms with E-state index in [4.69, 9.17) is 0 Å². The van der Waals surface area contributed by atoms with Gasteiger partial charge in [0.15, 0.2) is 0 Å². The van der Waals surface area contributed by atoms with Crippen LogP contribution >= 0.6 is 0 Å². The van der Waals surface area contributed by atoms with E-state index in [1.54, 1.807) is 12.2 Å². The van der Waals surface area contributed by atoms with Gasteiger partial charge >= 0.3 is 19.3 Å². The van der Waals surface area contributed by atoms with Gasteiger partial charge < -0.3 is 20.1 Å². The van der Waals surface area contributed by atoms with Crippen molar-refractivity contribution in [2.75, 3.05) is 5.32 Å². The Bertz CT molecular complexity index is 706. The first-order valence-corrected chi connectivity index (χ1v) is 7.36. The number of ether oxygens (including phenoxy) is 2. The number of carbonyl (C=O) groups is 1. The van der Waals surface area contributed by atoms with Crippen LogP contribution < -0.4 is 15.4 Å². The number of hydrogen-bond donors (Lipinski definition) is 2. The second kappa shape index (κ2) is 6.66. The van der Waals surface area contributed by atoms with Crippen LogP contribution in [0.3, 0.4) is 0 Å². The number of rotatable bonds is 6. The lowest BCUT2D eigenvalue weighted by atomic mass is 10.1. The summed E-state index contributed by atoms with van der Waals surface area (Å²) in [7, 11) is 0. The van der Waals surface area contributed by atoms with E-state index in [0.29, 0.717) is 12.1 Å². The van der Waals surface area contributed by atoms with Crippen LogP contribution in [0.5, 0.6) is 5.75 Å². The van der Waals surface area contributed by atoms with Crippen LogP contribution in [0.4, 0.5) is 28.0 Å². The van der Waals surface area contributed by atoms with E-state index in [1.165, 1.54) is 30.3 Å². The van der Waals surface area contributed by atoms with E-state index < -0.39 is 24.8 Å². The molecule has 2 aliphatic carbocycles. The molecule has 0 heterocycles. The molecule has 25 heavy (non-hydrogen) atoms. The summed E-state index contributed by atoms with van der Waals surface area (Å²) < 4.78 is 57.0. The molecule has 2 unspecified atom stereocenters. The third-order valence-corrected chi connectivity index (χ3v) is 3.88. The molecule has 2 aliphatic rings. The number of alkyl halides is 4. The van der Waals surface area contributed by atoms with Crippen molar-refractivity contribution in [1.82, 2.24) is 5.32 Å². The molecule has 1 aromatic rings. The number of carbonyl (C=O) groups excluding carboxylic acids is 1. The minimum absolute atomic E-state index is 0.0197. The van der Waals surface area contributed by atoms with Gasteiger partial charge in [0.1, 0.15) is 11.5 Å². The van der Waals surface area contributed by atoms with Crippen LogP contribution in [0.15, 0.2) is 48.3 Å². The molecule has 2 amide bonds. The summed E-state index contributed by atoms with van der Waals surface area (Å²) in [5, 5.41) is 5.33. The average Bonchev–Trinajstić information content (AvgIpc) is 3.21. The van der Waals surface area contributed by atoms with Crippen molar-refractivity contribution in [3.63, 3.8) is 0 Å². The standard InChI is InChI=1S/C16H14F4N2O3/c17-13(18)24-11-3-1-10(2-4-11)21-15(23)22-16-6-5-12(25-14(19)20)7-9(16)8-16/h1-7,9,13-14H,8H2,(H2,21,22,23). The van der Waals surface area contributed by atoms with Gasteiger partial charge in [-0.3, -0.25) is 0 Å². The number of urea groups is 1. The van der Waals surface area contributed by atoms with Crippen LogP contribution in [0.1, 0.15) is 6.42 Å². The van der Waals surface area contributed by atoms with Crippen molar-refractivity contribution in [2.45, 2.75) is 25.2 Å². The molecule has 1 aromatic carbocycles. The molecule has 9 heteroatoms. The minimum atomic E-state index is -2.92. The van der Waals surface area contributed by atoms with Gasteiger partial charge in [0.25, 0.3) is 0 Å². The Labute approximate surface area is 140 Å². The minimum Gasteiger partial charge on any atom is -0.435 e. The topological polar surface area (TPSA) is 59.6 Å². The Morgan fingerprint density at radius 3 is 2.40 bits per heavy atom. The van der Waals surface area contributed by atoms with Gasteiger partial charge in [0.2, 0.25) is 0 Å². The third kappa shape index (κ3) is 4.23.